The Morgan fingerprint density at radius 3 is 2.22 bits per heavy atom. The van der Waals surface area contributed by atoms with Crippen LogP contribution in [-0.4, -0.2) is 45.7 Å². The molecule has 0 bridgehead atoms. The monoisotopic (exact) mass is 436 g/mol. The zero-order valence-electron chi connectivity index (χ0n) is 18.9. The Morgan fingerprint density at radius 1 is 1.09 bits per heavy atom. The number of aryl methyl sites for hydroxylation is 1. The summed E-state index contributed by atoms with van der Waals surface area (Å²) in [6.45, 7) is 11.3. The molecule has 7 nitrogen and oxygen atoms in total. The van der Waals surface area contributed by atoms with Crippen molar-refractivity contribution in [3.63, 3.8) is 0 Å². The molecule has 3 rings (SSSR count). The summed E-state index contributed by atoms with van der Waals surface area (Å²) >= 11 is 0. The molecule has 168 valence electrons. The van der Waals surface area contributed by atoms with E-state index in [4.69, 9.17) is 4.74 Å². The van der Waals surface area contributed by atoms with Crippen LogP contribution in [0.25, 0.3) is 0 Å². The van der Waals surface area contributed by atoms with Crippen molar-refractivity contribution in [2.24, 2.45) is 5.92 Å². The number of carbonyl (C=O) groups is 4. The zero-order chi connectivity index (χ0) is 23.6. The van der Waals surface area contributed by atoms with E-state index in [2.05, 4.69) is 6.58 Å². The summed E-state index contributed by atoms with van der Waals surface area (Å²) in [5.41, 5.74) is 2.68. The van der Waals surface area contributed by atoms with Crippen molar-refractivity contribution in [3.8, 4) is 0 Å². The van der Waals surface area contributed by atoms with E-state index in [0.29, 0.717) is 12.1 Å². The minimum atomic E-state index is -1.09. The van der Waals surface area contributed by atoms with Gasteiger partial charge in [-0.3, -0.25) is 19.3 Å². The number of hydrogen-bond acceptors (Lipinski definition) is 5. The molecule has 32 heavy (non-hydrogen) atoms. The molecule has 2 amide bonds. The lowest BCUT2D eigenvalue weighted by Gasteiger charge is -2.25. The highest BCUT2D eigenvalue weighted by atomic mass is 16.5. The van der Waals surface area contributed by atoms with Crippen LogP contribution in [0.3, 0.4) is 0 Å². The number of imide groups is 1. The number of hydrogen-bond donors (Lipinski definition) is 0. The predicted molar refractivity (Wildman–Crippen MR) is 120 cm³/mol. The summed E-state index contributed by atoms with van der Waals surface area (Å²) < 4.78 is 7.28. The molecule has 1 atom stereocenters. The Hall–Kier alpha value is -3.48. The van der Waals surface area contributed by atoms with E-state index >= 15 is 0 Å². The second-order valence-electron chi connectivity index (χ2n) is 8.39. The Kier molecular flexibility index (Phi) is 6.77. The fourth-order valence-electron chi connectivity index (χ4n) is 4.05. The molecule has 0 fully saturated rings. The maximum Gasteiger partial charge on any atom is 0.329 e. The van der Waals surface area contributed by atoms with Crippen LogP contribution in [0, 0.1) is 19.8 Å². The van der Waals surface area contributed by atoms with Gasteiger partial charge >= 0.3 is 5.97 Å². The van der Waals surface area contributed by atoms with Crippen LogP contribution < -0.4 is 0 Å². The molecule has 2 aromatic rings. The third-order valence-corrected chi connectivity index (χ3v) is 5.64. The second kappa shape index (κ2) is 9.34. The minimum Gasteiger partial charge on any atom is -0.456 e. The summed E-state index contributed by atoms with van der Waals surface area (Å²) in [6, 6.07) is 7.13. The quantitative estimate of drug-likeness (QED) is 0.259. The fourth-order valence-corrected chi connectivity index (χ4v) is 4.05. The number of Topliss-reactive ketones (excluding diaryl/α,β-unsaturated/α-hetero) is 1. The van der Waals surface area contributed by atoms with Crippen molar-refractivity contribution in [3.05, 3.63) is 71.1 Å². The van der Waals surface area contributed by atoms with Gasteiger partial charge in [-0.2, -0.15) is 0 Å². The van der Waals surface area contributed by atoms with E-state index < -0.39 is 30.4 Å². The summed E-state index contributed by atoms with van der Waals surface area (Å²) in [4.78, 5) is 52.4. The molecule has 0 aliphatic carbocycles. The van der Waals surface area contributed by atoms with Crippen LogP contribution in [0.2, 0.25) is 0 Å². The van der Waals surface area contributed by atoms with E-state index in [1.807, 2.05) is 32.3 Å². The fraction of sp³-hybridized carbons (Fsp3) is 0.360. The van der Waals surface area contributed by atoms with E-state index in [9.17, 15) is 19.2 Å². The zero-order valence-corrected chi connectivity index (χ0v) is 18.9. The van der Waals surface area contributed by atoms with Crippen LogP contribution in [0.4, 0.5) is 0 Å². The Morgan fingerprint density at radius 2 is 1.69 bits per heavy atom. The van der Waals surface area contributed by atoms with Gasteiger partial charge in [-0.15, -0.1) is 6.58 Å². The molecule has 0 radical (unpaired) electrons. The van der Waals surface area contributed by atoms with Crippen LogP contribution >= 0.6 is 0 Å². The summed E-state index contributed by atoms with van der Waals surface area (Å²) in [7, 11) is 0. The SMILES string of the molecule is C=CCn1c(C)cc(C(=O)COC(=O)C(CC(C)C)N2C(=O)c3ccccc3C2=O)c1C. The third kappa shape index (κ3) is 4.28. The van der Waals surface area contributed by atoms with Gasteiger partial charge in [0.2, 0.25) is 5.78 Å². The number of carbonyl (C=O) groups excluding carboxylic acids is 4. The van der Waals surface area contributed by atoms with Crippen molar-refractivity contribution in [1.29, 1.82) is 0 Å². The summed E-state index contributed by atoms with van der Waals surface area (Å²) in [5.74, 6) is -2.13. The van der Waals surface area contributed by atoms with Gasteiger partial charge in [-0.25, -0.2) is 4.79 Å². The maximum atomic E-state index is 13.0. The number of benzene rings is 1. The van der Waals surface area contributed by atoms with Crippen LogP contribution in [-0.2, 0) is 16.1 Å². The Labute approximate surface area is 187 Å². The van der Waals surface area contributed by atoms with Gasteiger partial charge in [0.05, 0.1) is 11.1 Å². The van der Waals surface area contributed by atoms with Crippen molar-refractivity contribution in [2.45, 2.75) is 46.7 Å². The molecule has 1 aliphatic heterocycles. The lowest BCUT2D eigenvalue weighted by atomic mass is 10.0. The number of ketones is 1. The first-order valence-electron chi connectivity index (χ1n) is 10.6. The number of aromatic nitrogens is 1. The Bertz CT molecular complexity index is 1060. The molecular formula is C25H28N2O5. The van der Waals surface area contributed by atoms with Crippen molar-refractivity contribution >= 4 is 23.6 Å². The molecule has 1 aliphatic rings. The van der Waals surface area contributed by atoms with Crippen LogP contribution in [0.1, 0.15) is 62.7 Å². The van der Waals surface area contributed by atoms with Gasteiger partial charge in [-0.05, 0) is 44.4 Å². The van der Waals surface area contributed by atoms with E-state index in [1.54, 1.807) is 36.4 Å². The topological polar surface area (TPSA) is 85.7 Å². The molecule has 1 aromatic heterocycles. The van der Waals surface area contributed by atoms with Crippen molar-refractivity contribution in [2.75, 3.05) is 6.61 Å². The van der Waals surface area contributed by atoms with E-state index in [1.165, 1.54) is 0 Å². The van der Waals surface area contributed by atoms with E-state index in [-0.39, 0.29) is 29.2 Å². The van der Waals surface area contributed by atoms with Crippen molar-refractivity contribution in [1.82, 2.24) is 9.47 Å². The Balaban J connectivity index is 1.78. The summed E-state index contributed by atoms with van der Waals surface area (Å²) in [5, 5.41) is 0. The smallest absolute Gasteiger partial charge is 0.329 e. The molecule has 0 N–H and O–H groups in total. The maximum absolute atomic E-state index is 13.0. The third-order valence-electron chi connectivity index (χ3n) is 5.64. The largest absolute Gasteiger partial charge is 0.456 e. The van der Waals surface area contributed by atoms with Crippen LogP contribution in [0.15, 0.2) is 43.0 Å². The summed E-state index contributed by atoms with van der Waals surface area (Å²) in [6.07, 6.45) is 1.99. The number of rotatable bonds is 9. The van der Waals surface area contributed by atoms with Crippen LogP contribution in [0.5, 0.6) is 0 Å². The molecule has 0 saturated heterocycles. The molecule has 1 aromatic carbocycles. The molecule has 2 heterocycles. The molecule has 1 unspecified atom stereocenters. The molecule has 0 spiro atoms. The predicted octanol–water partition coefficient (Wildman–Crippen LogP) is 3.73. The van der Waals surface area contributed by atoms with Gasteiger partial charge in [0, 0.05) is 23.5 Å². The van der Waals surface area contributed by atoms with Gasteiger partial charge in [0.25, 0.3) is 11.8 Å². The lowest BCUT2D eigenvalue weighted by molar-refractivity contribution is -0.147. The number of fused-ring (bicyclic) bond motifs is 1. The highest BCUT2D eigenvalue weighted by molar-refractivity contribution is 6.22. The number of ether oxygens (including phenoxy) is 1. The molecule has 7 heteroatoms. The van der Waals surface area contributed by atoms with E-state index in [0.717, 1.165) is 16.3 Å². The van der Waals surface area contributed by atoms with Crippen molar-refractivity contribution < 1.29 is 23.9 Å². The highest BCUT2D eigenvalue weighted by Gasteiger charge is 2.43. The number of allylic oxidation sites excluding steroid dienone is 1. The first-order valence-corrected chi connectivity index (χ1v) is 10.6. The van der Waals surface area contributed by atoms with Gasteiger partial charge in [0.1, 0.15) is 6.04 Å². The van der Waals surface area contributed by atoms with Gasteiger partial charge in [-0.1, -0.05) is 32.1 Å². The lowest BCUT2D eigenvalue weighted by Crippen LogP contribution is -2.46. The minimum absolute atomic E-state index is 0.0189. The molecule has 0 saturated carbocycles. The number of amides is 2. The second-order valence-corrected chi connectivity index (χ2v) is 8.39. The highest BCUT2D eigenvalue weighted by Crippen LogP contribution is 2.27. The standard InChI is InChI=1S/C25H28N2O5/c1-6-11-26-16(4)13-20(17(26)5)22(28)14-32-25(31)21(12-15(2)3)27-23(29)18-9-7-8-10-19(18)24(27)30/h6-10,13,15,21H,1,11-12,14H2,2-5H3. The first kappa shape index (κ1) is 23.2. The van der Waals surface area contributed by atoms with Gasteiger partial charge in [0.15, 0.2) is 6.61 Å². The average molecular weight is 437 g/mol. The normalized spacial score (nSPS) is 14.0. The first-order chi connectivity index (χ1) is 15.2. The number of nitrogens with zero attached hydrogens (tertiary/aromatic N) is 2. The van der Waals surface area contributed by atoms with Gasteiger partial charge < -0.3 is 9.30 Å². The molecular weight excluding hydrogens is 408 g/mol. The number of esters is 1. The average Bonchev–Trinajstić information content (AvgIpc) is 3.18.